The van der Waals surface area contributed by atoms with E-state index >= 15 is 0 Å². The molecule has 0 saturated carbocycles. The highest BCUT2D eigenvalue weighted by atomic mass is 15.5. The van der Waals surface area contributed by atoms with Crippen LogP contribution >= 0.6 is 0 Å². The summed E-state index contributed by atoms with van der Waals surface area (Å²) in [5.41, 5.74) is 15.7. The van der Waals surface area contributed by atoms with Crippen LogP contribution in [0.15, 0.2) is 97.5 Å². The average Bonchev–Trinajstić information content (AvgIpc) is 3.69. The van der Waals surface area contributed by atoms with Crippen molar-refractivity contribution >= 4 is 44.6 Å². The zero-order chi connectivity index (χ0) is 29.9. The number of aromatic nitrogens is 2. The number of rotatable bonds is 0. The van der Waals surface area contributed by atoms with Crippen LogP contribution in [0.5, 0.6) is 0 Å². The van der Waals surface area contributed by atoms with Gasteiger partial charge in [-0.25, -0.2) is 4.57 Å². The predicted molar refractivity (Wildman–Crippen MR) is 179 cm³/mol. The van der Waals surface area contributed by atoms with Crippen molar-refractivity contribution in [3.05, 3.63) is 131 Å². The molecule has 6 aliphatic rings. The highest BCUT2D eigenvalue weighted by molar-refractivity contribution is 6.16. The summed E-state index contributed by atoms with van der Waals surface area (Å²) in [5.74, 6) is 1.32. The highest BCUT2D eigenvalue weighted by Gasteiger charge is 2.69. The minimum Gasteiger partial charge on any atom is -0.354 e. The summed E-state index contributed by atoms with van der Waals surface area (Å²) in [6, 6.07) is 30.4. The molecule has 0 fully saturated rings. The van der Waals surface area contributed by atoms with Gasteiger partial charge in [0, 0.05) is 46.6 Å². The topological polar surface area (TPSA) is 18.5 Å². The first kappa shape index (κ1) is 23.4. The molecule has 2 atom stereocenters. The van der Waals surface area contributed by atoms with E-state index in [4.69, 9.17) is 0 Å². The van der Waals surface area contributed by atoms with Gasteiger partial charge in [-0.15, -0.1) is 0 Å². The lowest BCUT2D eigenvalue weighted by atomic mass is 9.66. The summed E-state index contributed by atoms with van der Waals surface area (Å²) in [6.07, 6.45) is 7.03. The third kappa shape index (κ3) is 2.06. The lowest BCUT2D eigenvalue weighted by Crippen LogP contribution is -2.71. The zero-order valence-corrected chi connectivity index (χ0v) is 26.1. The molecule has 0 radical (unpaired) electrons. The van der Waals surface area contributed by atoms with Gasteiger partial charge in [-0.3, -0.25) is 0 Å². The Morgan fingerprint density at radius 1 is 0.644 bits per heavy atom. The molecule has 8 heterocycles. The fourth-order valence-electron chi connectivity index (χ4n) is 10.7. The van der Waals surface area contributed by atoms with Crippen molar-refractivity contribution < 1.29 is 4.57 Å². The maximum absolute atomic E-state index is 2.70. The van der Waals surface area contributed by atoms with Crippen molar-refractivity contribution in [2.24, 2.45) is 0 Å². The SMILES string of the molecule is CN1C=CN2c3cccc4c3C3(c5c6c(cc7c8cccc9c8n(c57)-c5c(ccc[n+]53)C9(C)C)C(C)(C)c3ccccc3N46)C12. The van der Waals surface area contributed by atoms with Crippen molar-refractivity contribution in [2.75, 3.05) is 16.8 Å². The fourth-order valence-corrected chi connectivity index (χ4v) is 10.7. The Bertz CT molecular complexity index is 2500. The van der Waals surface area contributed by atoms with Gasteiger partial charge in [0.2, 0.25) is 5.54 Å². The monoisotopic (exact) mass is 582 g/mol. The second-order valence-electron chi connectivity index (χ2n) is 15.0. The van der Waals surface area contributed by atoms with Crippen LogP contribution < -0.4 is 14.4 Å². The summed E-state index contributed by atoms with van der Waals surface area (Å²) >= 11 is 0. The van der Waals surface area contributed by atoms with Crippen molar-refractivity contribution in [3.8, 4) is 5.82 Å². The molecule has 0 aliphatic carbocycles. The van der Waals surface area contributed by atoms with E-state index < -0.39 is 5.54 Å². The van der Waals surface area contributed by atoms with Gasteiger partial charge in [-0.2, -0.15) is 4.57 Å². The van der Waals surface area contributed by atoms with Gasteiger partial charge in [0.05, 0.1) is 45.6 Å². The fraction of sp³-hybridized carbons (Fsp3) is 0.225. The third-order valence-electron chi connectivity index (χ3n) is 12.5. The summed E-state index contributed by atoms with van der Waals surface area (Å²) in [5, 5.41) is 2.74. The number of hydrogen-bond acceptors (Lipinski definition) is 3. The van der Waals surface area contributed by atoms with Crippen LogP contribution in [0.3, 0.4) is 0 Å². The van der Waals surface area contributed by atoms with Crippen LogP contribution in [-0.4, -0.2) is 22.7 Å². The van der Waals surface area contributed by atoms with Crippen LogP contribution in [-0.2, 0) is 16.4 Å². The molecule has 45 heavy (non-hydrogen) atoms. The second kappa shape index (κ2) is 6.64. The number of anilines is 4. The van der Waals surface area contributed by atoms with Gasteiger partial charge in [0.1, 0.15) is 5.52 Å². The van der Waals surface area contributed by atoms with E-state index in [1.165, 1.54) is 83.8 Å². The molecule has 6 aliphatic heterocycles. The Labute approximate surface area is 261 Å². The Morgan fingerprint density at radius 3 is 2.27 bits per heavy atom. The summed E-state index contributed by atoms with van der Waals surface area (Å²) in [4.78, 5) is 7.63. The molecule has 12 rings (SSSR count). The smallest absolute Gasteiger partial charge is 0.292 e. The number of para-hydroxylation sites is 2. The maximum atomic E-state index is 2.70. The number of likely N-dealkylation sites (N-methyl/N-ethyl adjacent to an activating group) is 1. The van der Waals surface area contributed by atoms with E-state index in [1.807, 2.05) is 0 Å². The van der Waals surface area contributed by atoms with Crippen molar-refractivity contribution in [2.45, 2.75) is 50.2 Å². The summed E-state index contributed by atoms with van der Waals surface area (Å²) < 4.78 is 5.36. The molecule has 2 aromatic heterocycles. The molecule has 0 bridgehead atoms. The number of hydrogen-bond donors (Lipinski definition) is 0. The molecule has 5 nitrogen and oxygen atoms in total. The first-order valence-corrected chi connectivity index (χ1v) is 16.2. The van der Waals surface area contributed by atoms with Crippen LogP contribution in [0.4, 0.5) is 22.7 Å². The molecule has 1 spiro atoms. The van der Waals surface area contributed by atoms with Gasteiger partial charge in [0.15, 0.2) is 11.7 Å². The Morgan fingerprint density at radius 2 is 1.38 bits per heavy atom. The van der Waals surface area contributed by atoms with E-state index in [0.29, 0.717) is 0 Å². The lowest BCUT2D eigenvalue weighted by molar-refractivity contribution is -0.743. The number of pyridine rings is 1. The van der Waals surface area contributed by atoms with Gasteiger partial charge in [-0.05, 0) is 53.6 Å². The number of fused-ring (bicyclic) bond motifs is 6. The van der Waals surface area contributed by atoms with Crippen LogP contribution in [0.1, 0.15) is 61.1 Å². The molecular weight excluding hydrogens is 550 g/mol. The molecular formula is C40H32N5+. The zero-order valence-electron chi connectivity index (χ0n) is 26.1. The molecule has 0 N–H and O–H groups in total. The van der Waals surface area contributed by atoms with E-state index in [2.05, 4.69) is 156 Å². The minimum absolute atomic E-state index is 0.0681. The summed E-state index contributed by atoms with van der Waals surface area (Å²) in [6.45, 7) is 9.71. The van der Waals surface area contributed by atoms with Crippen molar-refractivity contribution in [3.63, 3.8) is 0 Å². The standard InChI is InChI=1S/C40H32N5/c1-38(2)24-12-6-7-15-28(24)44-30-17-9-16-29-31(30)40(37-41(5)19-20-42(29)37)32-34-23(21-27(38)35(32)44)22-11-8-13-25-33(22)45(34)36-26(39(25,3)4)14-10-18-43(36)40/h6-21,37H,1-5H3/q+1. The normalized spacial score (nSPS) is 23.7. The van der Waals surface area contributed by atoms with Crippen molar-refractivity contribution in [1.82, 2.24) is 9.47 Å². The molecule has 216 valence electrons. The van der Waals surface area contributed by atoms with Gasteiger partial charge < -0.3 is 14.7 Å². The lowest BCUT2D eigenvalue weighted by Gasteiger charge is -2.51. The van der Waals surface area contributed by atoms with E-state index in [-0.39, 0.29) is 17.0 Å². The molecule has 4 aromatic carbocycles. The van der Waals surface area contributed by atoms with Crippen LogP contribution in [0.2, 0.25) is 0 Å². The molecule has 2 unspecified atom stereocenters. The number of benzene rings is 4. The summed E-state index contributed by atoms with van der Waals surface area (Å²) in [7, 11) is 2.27. The molecule has 5 heteroatoms. The van der Waals surface area contributed by atoms with Gasteiger partial charge in [0.25, 0.3) is 5.82 Å². The van der Waals surface area contributed by atoms with Crippen LogP contribution in [0.25, 0.3) is 27.6 Å². The molecule has 0 saturated heterocycles. The maximum Gasteiger partial charge on any atom is 0.292 e. The largest absolute Gasteiger partial charge is 0.354 e. The highest BCUT2D eigenvalue weighted by Crippen LogP contribution is 2.68. The third-order valence-corrected chi connectivity index (χ3v) is 12.5. The first-order chi connectivity index (χ1) is 21.8. The second-order valence-corrected chi connectivity index (χ2v) is 15.0. The van der Waals surface area contributed by atoms with E-state index in [9.17, 15) is 0 Å². The van der Waals surface area contributed by atoms with E-state index in [1.54, 1.807) is 0 Å². The van der Waals surface area contributed by atoms with Gasteiger partial charge in [-0.1, -0.05) is 64.1 Å². The quantitative estimate of drug-likeness (QED) is 0.170. The molecule has 0 amide bonds. The van der Waals surface area contributed by atoms with Gasteiger partial charge >= 0.3 is 0 Å². The number of nitrogens with zero attached hydrogens (tertiary/aromatic N) is 5. The first-order valence-electron chi connectivity index (χ1n) is 16.2. The average molecular weight is 583 g/mol. The van der Waals surface area contributed by atoms with Crippen LogP contribution in [0, 0.1) is 0 Å². The minimum atomic E-state index is -0.462. The van der Waals surface area contributed by atoms with Crippen molar-refractivity contribution in [1.29, 1.82) is 0 Å². The Balaban J connectivity index is 1.44. The van der Waals surface area contributed by atoms with E-state index in [0.717, 1.165) is 0 Å². The molecule has 6 aromatic rings. The predicted octanol–water partition coefficient (Wildman–Crippen LogP) is 7.80. The Kier molecular flexibility index (Phi) is 3.45. The Hall–Kier alpha value is -5.03.